The van der Waals surface area contributed by atoms with Gasteiger partial charge in [-0.25, -0.2) is 14.4 Å². The molecule has 6 rings (SSSR count). The Kier molecular flexibility index (Phi) is 69.0. The van der Waals surface area contributed by atoms with Gasteiger partial charge in [-0.15, -0.1) is 0 Å². The van der Waals surface area contributed by atoms with Gasteiger partial charge in [0.25, 0.3) is 0 Å². The largest absolute Gasteiger partial charge is 1.00 e. The zero-order valence-corrected chi connectivity index (χ0v) is 68.6. The number of halogens is 3. The number of hydrogen-bond acceptors (Lipinski definition) is 20. The van der Waals surface area contributed by atoms with Gasteiger partial charge in [0.15, 0.2) is 44.4 Å². The molecule has 0 amide bonds. The first-order valence-corrected chi connectivity index (χ1v) is 44.5. The van der Waals surface area contributed by atoms with Crippen molar-refractivity contribution in [3.8, 4) is 0 Å². The van der Waals surface area contributed by atoms with E-state index in [9.17, 15) is 24.3 Å². The number of cyclic esters (lactones) is 3. The molecule has 0 spiro atoms. The van der Waals surface area contributed by atoms with E-state index in [1.165, 1.54) is 42.7 Å². The summed E-state index contributed by atoms with van der Waals surface area (Å²) in [5.74, 6) is -0.00220. The van der Waals surface area contributed by atoms with E-state index in [4.69, 9.17) is 72.6 Å². The van der Waals surface area contributed by atoms with Crippen molar-refractivity contribution in [2.24, 2.45) is 4.30 Å². The molecular weight excluding hydrogens is 1500 g/mol. The Labute approximate surface area is 646 Å². The van der Waals surface area contributed by atoms with Gasteiger partial charge in [0.2, 0.25) is 0 Å². The topological polar surface area (TPSA) is 304 Å². The molecule has 0 fully saturated rings. The standard InChI is InChI=1S/C13H24O3Si.C12H21BrO3Si.C12H22O3Si.2C7H10O3.C6H15ClSi.C6H8O3.6CH4.BHNS.BrH.Li.H2O/c1-7-10-11(8-9-12(14)15-10)16-17(5,6)13(2,3)4;1-12(2,3)17(4,5)16-9-6-7-11(14)15-10(9)8-13;1-12(2,3)16(4,5)15-9-10(13)11-7-6-8-14-11;2*1-2-6-5(8)3-4-7(9)10-6;1-6(2,3)8(4,5)7;7-4-5(8)6-2-1-3-9-6;;;;;;;1-2-3;;;/h8-11H,7H2,1-6H3;6-7,9-10H,8H2,1-5H3;6-8,10,13H,9H2,1-5H3;3-4,6-7,9H,2H2,1H3;3-6,8H,2H2,1H3;1-5H3;1-3,5,7-8H,4H2;6*1H4;3H;1H;;1H2/q;;;;;;;;;;;;;;;+1;/p-1/t10-,11-;9-,10-;10-;6-,7?;5-,6-;;5-;;;;;;;;;;/m11011.0........../s1. The minimum absolute atomic E-state index is 0. The van der Waals surface area contributed by atoms with Gasteiger partial charge in [0.05, 0.1) is 25.7 Å². The van der Waals surface area contributed by atoms with E-state index >= 15 is 0 Å². The smallest absolute Gasteiger partial charge is 1.00 e. The Morgan fingerprint density at radius 3 is 1.23 bits per heavy atom. The van der Waals surface area contributed by atoms with Crippen LogP contribution in [-0.4, -0.2) is 162 Å². The maximum absolute atomic E-state index is 11.2. The van der Waals surface area contributed by atoms with E-state index in [2.05, 4.69) is 176 Å². The van der Waals surface area contributed by atoms with E-state index in [1.54, 1.807) is 30.5 Å². The zero-order chi connectivity index (χ0) is 70.5. The third-order valence-corrected chi connectivity index (χ3v) is 35.5. The normalized spacial score (nSPS) is 20.4. The number of nitrogens with zero attached hydrogens (tertiary/aromatic N) is 1. The van der Waals surface area contributed by atoms with Crippen LogP contribution in [0.1, 0.15) is 191 Å². The van der Waals surface area contributed by atoms with Crippen LogP contribution in [0.3, 0.4) is 0 Å². The molecule has 1 radical (unpaired) electrons. The van der Waals surface area contributed by atoms with Gasteiger partial charge in [-0.05, 0) is 133 Å². The van der Waals surface area contributed by atoms with Gasteiger partial charge in [-0.2, -0.15) is 11.1 Å². The fraction of sp³-hybridized carbons (Fsp3) is 0.710. The molecule has 0 aliphatic carbocycles. The summed E-state index contributed by atoms with van der Waals surface area (Å²) in [6.45, 7) is 49.6. The molecule has 2 aromatic heterocycles. The molecule has 0 bridgehead atoms. The second-order valence-corrected chi connectivity index (χ2v) is 50.0. The molecule has 0 saturated carbocycles. The van der Waals surface area contributed by atoms with Crippen LogP contribution in [0.4, 0.5) is 0 Å². The first kappa shape index (κ1) is 121. The van der Waals surface area contributed by atoms with Crippen LogP contribution in [0, 0.1) is 0 Å². The molecule has 20 nitrogen and oxygen atoms in total. The monoisotopic (exact) mass is 1640 g/mol. The average Bonchev–Trinajstić information content (AvgIpc) is 1.60. The molecule has 0 aromatic carbocycles. The van der Waals surface area contributed by atoms with Gasteiger partial charge >= 0.3 is 61.5 Å². The number of ether oxygens (including phenoxy) is 4. The molecule has 10 atom stereocenters. The fourth-order valence-electron chi connectivity index (χ4n) is 6.19. The maximum atomic E-state index is 11.2. The predicted molar refractivity (Wildman–Crippen MR) is 419 cm³/mol. The van der Waals surface area contributed by atoms with Crippen LogP contribution < -0.4 is 35.8 Å². The molecule has 4 aliphatic rings. The summed E-state index contributed by atoms with van der Waals surface area (Å²) in [4.78, 5) is 43.8. The Morgan fingerprint density at radius 2 is 0.939 bits per heavy atom. The summed E-state index contributed by atoms with van der Waals surface area (Å²) in [5, 5.41) is 46.5. The SMILES string of the molecule is C.C.C.C.C.C.CC(C)(C)[Si](C)(C)Cl.CC(C)(C)[Si](C)(C)OC[C@H](O)c1ccco1.CC(C)(C)[Si](C)(C)O[C@@H]1C=CC(=O)O[C@@H]1CBr.CC[C@H]1OC(=O)C=C[C@H]1O.CC[C@H]1OC(=O)C=C[C@H]1O[Si](C)(C)C(C)(C)C.CC[C@H]1OC(O)C=CC1=O.O.OC[C@H](O)c1ccco1.[B]=NS.[Br-].[Li+]. The van der Waals surface area contributed by atoms with Crippen LogP contribution in [0.2, 0.25) is 72.5 Å². The Bertz CT molecular complexity index is 2450. The summed E-state index contributed by atoms with van der Waals surface area (Å²) >= 11 is 12.7. The third kappa shape index (κ3) is 47.3. The number of carbonyl (C=O) groups is 4. The number of carbonyl (C=O) groups excluding carboxylic acids is 4. The van der Waals surface area contributed by atoms with Gasteiger partial charge in [-0.3, -0.25) is 4.79 Å². The number of aliphatic hydroxyl groups excluding tert-OH is 5. The first-order chi connectivity index (χ1) is 41.1. The number of ketones is 1. The van der Waals surface area contributed by atoms with Crippen molar-refractivity contribution in [2.75, 3.05) is 18.5 Å². The van der Waals surface area contributed by atoms with Crippen molar-refractivity contribution in [1.82, 2.24) is 0 Å². The van der Waals surface area contributed by atoms with E-state index in [0.29, 0.717) is 41.3 Å². The Morgan fingerprint density at radius 1 is 0.596 bits per heavy atom. The number of alkyl halides is 1. The van der Waals surface area contributed by atoms with Gasteiger partial charge < -0.3 is 89.1 Å². The Hall–Kier alpha value is -1.87. The predicted octanol–water partition coefficient (Wildman–Crippen LogP) is 11.1. The number of furan rings is 2. The van der Waals surface area contributed by atoms with Crippen LogP contribution in [-0.2, 0) is 51.4 Å². The first-order valence-electron chi connectivity index (χ1n) is 30.3. The maximum Gasteiger partial charge on any atom is 1.00 e. The van der Waals surface area contributed by atoms with Crippen LogP contribution >= 0.6 is 39.8 Å². The molecule has 99 heavy (non-hydrogen) atoms. The minimum Gasteiger partial charge on any atom is -1.00 e. The second kappa shape index (κ2) is 56.5. The average molecular weight is 1640 g/mol. The van der Waals surface area contributed by atoms with Crippen LogP contribution in [0.25, 0.3) is 0 Å². The van der Waals surface area contributed by atoms with Crippen molar-refractivity contribution in [3.63, 3.8) is 0 Å². The summed E-state index contributed by atoms with van der Waals surface area (Å²) < 4.78 is 51.2. The van der Waals surface area contributed by atoms with E-state index < -0.39 is 63.0 Å². The fourth-order valence-corrected chi connectivity index (χ4v) is 10.2. The molecule has 579 valence electrons. The number of rotatable bonds is 14. The van der Waals surface area contributed by atoms with Crippen molar-refractivity contribution < 1.29 is 127 Å². The van der Waals surface area contributed by atoms with Gasteiger partial charge in [0, 0.05) is 23.6 Å². The summed E-state index contributed by atoms with van der Waals surface area (Å²) in [6, 6.07) is 6.81. The summed E-state index contributed by atoms with van der Waals surface area (Å²) in [6.07, 6.45) is 12.6. The molecule has 30 heteroatoms. The number of aliphatic hydroxyl groups is 5. The second-order valence-electron chi connectivity index (χ2n) is 27.5. The molecule has 6 heterocycles. The van der Waals surface area contributed by atoms with Crippen LogP contribution in [0.15, 0.2) is 98.5 Å². The van der Waals surface area contributed by atoms with E-state index in [0.717, 1.165) is 6.42 Å². The van der Waals surface area contributed by atoms with E-state index in [1.807, 2.05) is 32.9 Å². The molecule has 7 N–H and O–H groups in total. The van der Waals surface area contributed by atoms with Crippen molar-refractivity contribution in [1.29, 1.82) is 0 Å². The summed E-state index contributed by atoms with van der Waals surface area (Å²) in [5.41, 5.74) is 0. The number of thiol groups is 1. The molecular formula is C69H137BBr2ClLiNO19SSi4. The van der Waals surface area contributed by atoms with Gasteiger partial charge in [-0.1, -0.05) is 177 Å². The zero-order valence-electron chi connectivity index (χ0n) is 59.7. The number of esters is 3. The summed E-state index contributed by atoms with van der Waals surface area (Å²) in [7, 11) is -2.48. The molecule has 2 aromatic rings. The van der Waals surface area contributed by atoms with Crippen molar-refractivity contribution in [2.45, 2.75) is 301 Å². The molecule has 4 aliphatic heterocycles. The molecule has 0 saturated heterocycles. The quantitative estimate of drug-likeness (QED) is 0.0256. The number of hydrogen-bond donors (Lipinski definition) is 6. The van der Waals surface area contributed by atoms with Gasteiger partial charge in [0.1, 0.15) is 66.5 Å². The Balaban J connectivity index is -0.000000101. The molecule has 1 unspecified atom stereocenters. The van der Waals surface area contributed by atoms with Crippen molar-refractivity contribution in [3.05, 3.63) is 96.9 Å². The minimum atomic E-state index is -1.84. The van der Waals surface area contributed by atoms with Crippen LogP contribution in [0.5, 0.6) is 0 Å². The van der Waals surface area contributed by atoms with E-state index in [-0.39, 0.29) is 162 Å². The third-order valence-electron chi connectivity index (χ3n) is 16.1. The van der Waals surface area contributed by atoms with Crippen molar-refractivity contribution >= 4 is 103 Å².